The number of nitrogens with zero attached hydrogens (tertiary/aromatic N) is 3. The van der Waals surface area contributed by atoms with Crippen LogP contribution in [0.25, 0.3) is 0 Å². The van der Waals surface area contributed by atoms with Gasteiger partial charge in [0.25, 0.3) is 0 Å². The van der Waals surface area contributed by atoms with Crippen LogP contribution in [0.3, 0.4) is 0 Å². The molecule has 3 rings (SSSR count). The summed E-state index contributed by atoms with van der Waals surface area (Å²) in [5, 5.41) is 2.94. The number of aromatic nitrogens is 2. The average Bonchev–Trinajstić information content (AvgIpc) is 3.06. The molecule has 3 heterocycles. The Morgan fingerprint density at radius 3 is 2.76 bits per heavy atom. The first kappa shape index (κ1) is 14.3. The van der Waals surface area contributed by atoms with Crippen molar-refractivity contribution in [2.45, 2.75) is 32.0 Å². The third kappa shape index (κ3) is 2.88. The molecule has 0 bridgehead atoms. The van der Waals surface area contributed by atoms with Gasteiger partial charge in [0.2, 0.25) is 0 Å². The molecule has 1 atom stereocenters. The second-order valence-corrected chi connectivity index (χ2v) is 6.08. The zero-order valence-electron chi connectivity index (χ0n) is 11.4. The fourth-order valence-electron chi connectivity index (χ4n) is 2.62. The molecule has 1 aliphatic heterocycles. The minimum atomic E-state index is -4.41. The molecule has 0 saturated carbocycles. The molecular formula is C14H14F3N3S. The molecule has 2 aromatic rings. The van der Waals surface area contributed by atoms with Gasteiger partial charge in [0.1, 0.15) is 11.5 Å². The first-order chi connectivity index (χ1) is 9.95. The van der Waals surface area contributed by atoms with E-state index in [2.05, 4.69) is 9.97 Å². The van der Waals surface area contributed by atoms with Crippen LogP contribution < -0.4 is 4.90 Å². The lowest BCUT2D eigenvalue weighted by Gasteiger charge is -2.25. The lowest BCUT2D eigenvalue weighted by molar-refractivity contribution is -0.141. The van der Waals surface area contributed by atoms with Crippen molar-refractivity contribution in [3.63, 3.8) is 0 Å². The van der Waals surface area contributed by atoms with Crippen molar-refractivity contribution in [2.75, 3.05) is 11.4 Å². The maximum atomic E-state index is 12.8. The van der Waals surface area contributed by atoms with Gasteiger partial charge in [0.15, 0.2) is 0 Å². The van der Waals surface area contributed by atoms with Crippen LogP contribution in [0.4, 0.5) is 19.0 Å². The Hall–Kier alpha value is -1.63. The van der Waals surface area contributed by atoms with Crippen molar-refractivity contribution < 1.29 is 13.2 Å². The Balaban J connectivity index is 1.92. The summed E-state index contributed by atoms with van der Waals surface area (Å²) >= 11 is 1.56. The van der Waals surface area contributed by atoms with Crippen LogP contribution in [0.2, 0.25) is 0 Å². The van der Waals surface area contributed by atoms with Gasteiger partial charge in [-0.05, 0) is 31.9 Å². The van der Waals surface area contributed by atoms with E-state index in [1.54, 1.807) is 17.4 Å². The van der Waals surface area contributed by atoms with Gasteiger partial charge in [-0.15, -0.1) is 11.3 Å². The van der Waals surface area contributed by atoms with Crippen LogP contribution in [-0.4, -0.2) is 16.5 Å². The van der Waals surface area contributed by atoms with Crippen LogP contribution in [0.15, 0.2) is 23.6 Å². The summed E-state index contributed by atoms with van der Waals surface area (Å²) in [6.07, 6.45) is -2.59. The number of aryl methyl sites for hydroxylation is 1. The van der Waals surface area contributed by atoms with Crippen LogP contribution >= 0.6 is 11.3 Å². The van der Waals surface area contributed by atoms with Crippen LogP contribution in [-0.2, 0) is 6.18 Å². The van der Waals surface area contributed by atoms with E-state index in [-0.39, 0.29) is 6.04 Å². The highest BCUT2D eigenvalue weighted by atomic mass is 32.1. The van der Waals surface area contributed by atoms with Crippen molar-refractivity contribution in [3.05, 3.63) is 40.0 Å². The van der Waals surface area contributed by atoms with E-state index in [1.807, 2.05) is 17.2 Å². The number of alkyl halides is 3. The lowest BCUT2D eigenvalue weighted by Crippen LogP contribution is -2.24. The highest BCUT2D eigenvalue weighted by Gasteiger charge is 2.34. The summed E-state index contributed by atoms with van der Waals surface area (Å²) in [7, 11) is 0. The lowest BCUT2D eigenvalue weighted by atomic mass is 10.1. The molecule has 7 heteroatoms. The van der Waals surface area contributed by atoms with Crippen molar-refractivity contribution >= 4 is 17.2 Å². The molecule has 0 spiro atoms. The molecule has 112 valence electrons. The van der Waals surface area contributed by atoms with Crippen LogP contribution in [0, 0.1) is 6.92 Å². The highest BCUT2D eigenvalue weighted by molar-refractivity contribution is 7.09. The second kappa shape index (κ2) is 5.29. The second-order valence-electron chi connectivity index (χ2n) is 5.02. The van der Waals surface area contributed by atoms with E-state index >= 15 is 0 Å². The zero-order chi connectivity index (χ0) is 15.0. The van der Waals surface area contributed by atoms with E-state index in [0.717, 1.165) is 29.6 Å². The standard InChI is InChI=1S/C14H14F3N3S/c1-9-18-10(8-21-9)11-4-3-7-20(11)13-6-2-5-12(19-13)14(15,16)17/h2,5-6,8,11H,3-4,7H2,1H3. The molecule has 0 radical (unpaired) electrons. The largest absolute Gasteiger partial charge is 0.433 e. The van der Waals surface area contributed by atoms with Gasteiger partial charge in [0.05, 0.1) is 16.7 Å². The Kier molecular flexibility index (Phi) is 3.61. The predicted octanol–water partition coefficient (Wildman–Crippen LogP) is 4.21. The molecule has 0 aromatic carbocycles. The van der Waals surface area contributed by atoms with Gasteiger partial charge < -0.3 is 4.90 Å². The Morgan fingerprint density at radius 1 is 1.29 bits per heavy atom. The van der Waals surface area contributed by atoms with Gasteiger partial charge in [-0.1, -0.05) is 6.07 Å². The summed E-state index contributed by atoms with van der Waals surface area (Å²) in [4.78, 5) is 10.2. The number of thiazole rings is 1. The fraction of sp³-hybridized carbons (Fsp3) is 0.429. The summed E-state index contributed by atoms with van der Waals surface area (Å²) in [6.45, 7) is 2.63. The first-order valence-corrected chi connectivity index (χ1v) is 7.56. The fourth-order valence-corrected chi connectivity index (χ4v) is 3.28. The number of anilines is 1. The molecule has 2 aromatic heterocycles. The summed E-state index contributed by atoms with van der Waals surface area (Å²) in [5.74, 6) is 0.373. The van der Waals surface area contributed by atoms with E-state index in [9.17, 15) is 13.2 Å². The number of pyridine rings is 1. The van der Waals surface area contributed by atoms with Crippen molar-refractivity contribution in [1.29, 1.82) is 0 Å². The van der Waals surface area contributed by atoms with E-state index in [1.165, 1.54) is 6.07 Å². The third-order valence-electron chi connectivity index (χ3n) is 3.55. The zero-order valence-corrected chi connectivity index (χ0v) is 12.2. The van der Waals surface area contributed by atoms with E-state index in [4.69, 9.17) is 0 Å². The minimum Gasteiger partial charge on any atom is -0.348 e. The summed E-state index contributed by atoms with van der Waals surface area (Å²) < 4.78 is 38.4. The van der Waals surface area contributed by atoms with E-state index < -0.39 is 11.9 Å². The molecule has 0 N–H and O–H groups in total. The predicted molar refractivity (Wildman–Crippen MR) is 75.4 cm³/mol. The van der Waals surface area contributed by atoms with Crippen LogP contribution in [0.5, 0.6) is 0 Å². The molecule has 0 amide bonds. The van der Waals surface area contributed by atoms with Crippen molar-refractivity contribution in [1.82, 2.24) is 9.97 Å². The third-order valence-corrected chi connectivity index (χ3v) is 4.34. The molecule has 21 heavy (non-hydrogen) atoms. The van der Waals surface area contributed by atoms with Crippen molar-refractivity contribution in [2.24, 2.45) is 0 Å². The van der Waals surface area contributed by atoms with Gasteiger partial charge in [-0.2, -0.15) is 13.2 Å². The van der Waals surface area contributed by atoms with Crippen molar-refractivity contribution in [3.8, 4) is 0 Å². The minimum absolute atomic E-state index is 0.0194. The number of hydrogen-bond donors (Lipinski definition) is 0. The van der Waals surface area contributed by atoms with Gasteiger partial charge in [0, 0.05) is 11.9 Å². The maximum Gasteiger partial charge on any atom is 0.433 e. The summed E-state index contributed by atoms with van der Waals surface area (Å²) in [5.41, 5.74) is 0.0781. The van der Waals surface area contributed by atoms with Gasteiger partial charge in [-0.3, -0.25) is 0 Å². The maximum absolute atomic E-state index is 12.8. The van der Waals surface area contributed by atoms with Gasteiger partial charge in [-0.25, -0.2) is 9.97 Å². The topological polar surface area (TPSA) is 29.0 Å². The Labute approximate surface area is 124 Å². The molecule has 1 saturated heterocycles. The Bertz CT molecular complexity index is 638. The smallest absolute Gasteiger partial charge is 0.348 e. The van der Waals surface area contributed by atoms with Crippen LogP contribution in [0.1, 0.15) is 35.3 Å². The monoisotopic (exact) mass is 313 g/mol. The first-order valence-electron chi connectivity index (χ1n) is 6.68. The molecule has 1 fully saturated rings. The Morgan fingerprint density at radius 2 is 2.10 bits per heavy atom. The molecule has 1 aliphatic rings. The SMILES string of the molecule is Cc1nc(C2CCCN2c2cccc(C(F)(F)F)n2)cs1. The number of rotatable bonds is 2. The summed E-state index contributed by atoms with van der Waals surface area (Å²) in [6, 6.07) is 4.06. The van der Waals surface area contributed by atoms with E-state index in [0.29, 0.717) is 12.4 Å². The molecular weight excluding hydrogens is 299 g/mol. The molecule has 3 nitrogen and oxygen atoms in total. The highest BCUT2D eigenvalue weighted by Crippen LogP contribution is 2.37. The normalized spacial score (nSPS) is 19.2. The number of halogens is 3. The number of hydrogen-bond acceptors (Lipinski definition) is 4. The molecule has 1 unspecified atom stereocenters. The quantitative estimate of drug-likeness (QED) is 0.832. The molecule has 0 aliphatic carbocycles. The average molecular weight is 313 g/mol. The van der Waals surface area contributed by atoms with Gasteiger partial charge >= 0.3 is 6.18 Å².